The Morgan fingerprint density at radius 2 is 1.56 bits per heavy atom. The van der Waals surface area contributed by atoms with Gasteiger partial charge in [0.25, 0.3) is 0 Å². The molecule has 2 heteroatoms. The summed E-state index contributed by atoms with van der Waals surface area (Å²) in [7, 11) is 2.06. The van der Waals surface area contributed by atoms with Gasteiger partial charge >= 0.3 is 0 Å². The van der Waals surface area contributed by atoms with Crippen LogP contribution in [0, 0.1) is 17.8 Å². The zero-order valence-electron chi connectivity index (χ0n) is 11.2. The van der Waals surface area contributed by atoms with Gasteiger partial charge in [-0.05, 0) is 64.0 Å². The van der Waals surface area contributed by atoms with Gasteiger partial charge in [0.05, 0.1) is 0 Å². The van der Waals surface area contributed by atoms with Crippen molar-refractivity contribution in [3.05, 3.63) is 0 Å². The Hall–Kier alpha value is -0.0800. The molecule has 0 aromatic heterocycles. The predicted molar refractivity (Wildman–Crippen MR) is 69.6 cm³/mol. The Bertz CT molecular complexity index is 195. The zero-order chi connectivity index (χ0) is 11.5. The molecule has 1 N–H and O–H groups in total. The van der Waals surface area contributed by atoms with E-state index >= 15 is 0 Å². The molecule has 0 amide bonds. The van der Waals surface area contributed by atoms with E-state index in [4.69, 9.17) is 0 Å². The lowest BCUT2D eigenvalue weighted by molar-refractivity contribution is 0.147. The van der Waals surface area contributed by atoms with Gasteiger partial charge in [-0.15, -0.1) is 0 Å². The van der Waals surface area contributed by atoms with Crippen molar-refractivity contribution < 1.29 is 0 Å². The first kappa shape index (κ1) is 12.4. The van der Waals surface area contributed by atoms with Gasteiger partial charge in [0.1, 0.15) is 0 Å². The van der Waals surface area contributed by atoms with Crippen molar-refractivity contribution in [1.82, 2.24) is 10.2 Å². The third-order valence-corrected chi connectivity index (χ3v) is 4.30. The van der Waals surface area contributed by atoms with Gasteiger partial charge < -0.3 is 5.32 Å². The summed E-state index contributed by atoms with van der Waals surface area (Å²) >= 11 is 0. The average molecular weight is 224 g/mol. The maximum Gasteiger partial charge on any atom is 0.0105 e. The lowest BCUT2D eigenvalue weighted by Gasteiger charge is -2.33. The normalized spacial score (nSPS) is 24.8. The van der Waals surface area contributed by atoms with E-state index in [1.54, 1.807) is 0 Å². The van der Waals surface area contributed by atoms with Crippen LogP contribution in [0.5, 0.6) is 0 Å². The highest BCUT2D eigenvalue weighted by Crippen LogP contribution is 2.35. The minimum Gasteiger partial charge on any atom is -0.319 e. The molecular weight excluding hydrogens is 196 g/mol. The highest BCUT2D eigenvalue weighted by atomic mass is 15.2. The Kier molecular flexibility index (Phi) is 4.26. The molecule has 2 atom stereocenters. The molecule has 16 heavy (non-hydrogen) atoms. The van der Waals surface area contributed by atoms with Gasteiger partial charge in [-0.3, -0.25) is 4.90 Å². The second-order valence-electron chi connectivity index (χ2n) is 6.12. The molecule has 94 valence electrons. The first-order chi connectivity index (χ1) is 7.70. The summed E-state index contributed by atoms with van der Waals surface area (Å²) in [4.78, 5) is 2.78. The fraction of sp³-hybridized carbons (Fsp3) is 1.00. The van der Waals surface area contributed by atoms with Crippen LogP contribution in [-0.2, 0) is 0 Å². The van der Waals surface area contributed by atoms with Crippen LogP contribution in [0.1, 0.15) is 39.5 Å². The van der Waals surface area contributed by atoms with Crippen LogP contribution in [-0.4, -0.2) is 37.6 Å². The molecule has 2 unspecified atom stereocenters. The van der Waals surface area contributed by atoms with E-state index in [0.29, 0.717) is 0 Å². The smallest absolute Gasteiger partial charge is 0.0105 e. The number of nitrogens with one attached hydrogen (secondary N) is 1. The third-order valence-electron chi connectivity index (χ3n) is 4.30. The molecule has 0 aromatic carbocycles. The lowest BCUT2D eigenvalue weighted by Crippen LogP contribution is -2.42. The predicted octanol–water partition coefficient (Wildman–Crippen LogP) is 2.35. The Labute approximate surface area is 101 Å². The van der Waals surface area contributed by atoms with Crippen molar-refractivity contribution in [3.8, 4) is 0 Å². The van der Waals surface area contributed by atoms with Gasteiger partial charge in [-0.2, -0.15) is 0 Å². The minimum atomic E-state index is 0.744. The molecule has 0 bridgehead atoms. The second-order valence-corrected chi connectivity index (χ2v) is 6.12. The first-order valence-corrected chi connectivity index (χ1v) is 7.09. The van der Waals surface area contributed by atoms with Crippen LogP contribution in [0.4, 0.5) is 0 Å². The molecule has 2 nitrogen and oxygen atoms in total. The molecule has 0 radical (unpaired) electrons. The Balaban J connectivity index is 1.81. The summed E-state index contributed by atoms with van der Waals surface area (Å²) in [6, 6.07) is 0.744. The molecule has 2 aliphatic rings. The van der Waals surface area contributed by atoms with Crippen LogP contribution in [0.3, 0.4) is 0 Å². The van der Waals surface area contributed by atoms with E-state index in [-0.39, 0.29) is 0 Å². The quantitative estimate of drug-likeness (QED) is 0.681. The summed E-state index contributed by atoms with van der Waals surface area (Å²) in [5, 5.41) is 3.31. The summed E-state index contributed by atoms with van der Waals surface area (Å²) < 4.78 is 0. The van der Waals surface area contributed by atoms with Gasteiger partial charge in [0, 0.05) is 19.1 Å². The number of rotatable bonds is 8. The number of hydrogen-bond acceptors (Lipinski definition) is 2. The van der Waals surface area contributed by atoms with Gasteiger partial charge in [0.15, 0.2) is 0 Å². The van der Waals surface area contributed by atoms with E-state index in [0.717, 1.165) is 30.3 Å². The molecule has 0 aromatic rings. The molecule has 0 aliphatic heterocycles. The topological polar surface area (TPSA) is 15.3 Å². The molecule has 0 spiro atoms. The van der Waals surface area contributed by atoms with Crippen LogP contribution >= 0.6 is 0 Å². The average Bonchev–Trinajstić information content (AvgIpc) is 3.10. The third kappa shape index (κ3) is 3.74. The standard InChI is InChI=1S/C14H28N2/c1-11(8-15-3)12(2)16(9-13-4-5-13)10-14-6-7-14/h11-15H,4-10H2,1-3H3. The Morgan fingerprint density at radius 3 is 1.94 bits per heavy atom. The van der Waals surface area contributed by atoms with Crippen molar-refractivity contribution in [2.75, 3.05) is 26.7 Å². The van der Waals surface area contributed by atoms with Crippen molar-refractivity contribution in [2.24, 2.45) is 17.8 Å². The van der Waals surface area contributed by atoms with Crippen LogP contribution in [0.15, 0.2) is 0 Å². The van der Waals surface area contributed by atoms with Crippen molar-refractivity contribution in [1.29, 1.82) is 0 Å². The Morgan fingerprint density at radius 1 is 1.06 bits per heavy atom. The number of hydrogen-bond donors (Lipinski definition) is 1. The van der Waals surface area contributed by atoms with E-state index in [9.17, 15) is 0 Å². The highest BCUT2D eigenvalue weighted by molar-refractivity contribution is 4.86. The van der Waals surface area contributed by atoms with Gasteiger partial charge in [-0.1, -0.05) is 6.92 Å². The summed E-state index contributed by atoms with van der Waals surface area (Å²) in [6.07, 6.45) is 5.92. The van der Waals surface area contributed by atoms with Crippen molar-refractivity contribution in [3.63, 3.8) is 0 Å². The minimum absolute atomic E-state index is 0.744. The summed E-state index contributed by atoms with van der Waals surface area (Å²) in [5.41, 5.74) is 0. The molecule has 0 saturated heterocycles. The van der Waals surface area contributed by atoms with Gasteiger partial charge in [0.2, 0.25) is 0 Å². The largest absolute Gasteiger partial charge is 0.319 e. The second kappa shape index (κ2) is 5.50. The van der Waals surface area contributed by atoms with E-state index in [2.05, 4.69) is 31.1 Å². The molecule has 2 fully saturated rings. The van der Waals surface area contributed by atoms with Gasteiger partial charge in [-0.25, -0.2) is 0 Å². The SMILES string of the molecule is CNCC(C)C(C)N(CC1CC1)CC1CC1. The summed E-state index contributed by atoms with van der Waals surface area (Å²) in [5.74, 6) is 2.83. The molecular formula is C14H28N2. The molecule has 2 saturated carbocycles. The monoisotopic (exact) mass is 224 g/mol. The summed E-state index contributed by atoms with van der Waals surface area (Å²) in [6.45, 7) is 8.69. The molecule has 0 heterocycles. The van der Waals surface area contributed by atoms with E-state index in [1.807, 2.05) is 0 Å². The first-order valence-electron chi connectivity index (χ1n) is 7.09. The van der Waals surface area contributed by atoms with Crippen LogP contribution in [0.25, 0.3) is 0 Å². The lowest BCUT2D eigenvalue weighted by atomic mass is 10.0. The maximum atomic E-state index is 3.31. The maximum absolute atomic E-state index is 3.31. The zero-order valence-corrected chi connectivity index (χ0v) is 11.2. The van der Waals surface area contributed by atoms with Crippen molar-refractivity contribution >= 4 is 0 Å². The number of nitrogens with zero attached hydrogens (tertiary/aromatic N) is 1. The van der Waals surface area contributed by atoms with Crippen LogP contribution in [0.2, 0.25) is 0 Å². The van der Waals surface area contributed by atoms with Crippen LogP contribution < -0.4 is 5.32 Å². The van der Waals surface area contributed by atoms with E-state index < -0.39 is 0 Å². The fourth-order valence-electron chi connectivity index (χ4n) is 2.52. The fourth-order valence-corrected chi connectivity index (χ4v) is 2.52. The van der Waals surface area contributed by atoms with E-state index in [1.165, 1.54) is 38.8 Å². The van der Waals surface area contributed by atoms with Crippen molar-refractivity contribution in [2.45, 2.75) is 45.6 Å². The molecule has 2 aliphatic carbocycles. The molecule has 2 rings (SSSR count). The highest BCUT2D eigenvalue weighted by Gasteiger charge is 2.32.